The lowest BCUT2D eigenvalue weighted by molar-refractivity contribution is -0.143. The van der Waals surface area contributed by atoms with Gasteiger partial charge in [0.15, 0.2) is 0 Å². The summed E-state index contributed by atoms with van der Waals surface area (Å²) in [5.74, 6) is -4.95. The van der Waals surface area contributed by atoms with E-state index in [4.69, 9.17) is 11.6 Å². The quantitative estimate of drug-likeness (QED) is 0.161. The SMILES string of the molecule is O=C1c2ccc3c4c(c(Cl)cc(c24)C(=O)N1c1cc(C(F)(F)F)cc(C(F)(F)F)c1)C(=O)N(c1ccc(C(F)(F)F)cc1)C3=O. The number of hydrogen-bond acceptors (Lipinski definition) is 4. The first-order valence-electron chi connectivity index (χ1n) is 12.3. The van der Waals surface area contributed by atoms with Gasteiger partial charge in [-0.05, 0) is 60.7 Å². The van der Waals surface area contributed by atoms with Gasteiger partial charge >= 0.3 is 18.5 Å². The molecule has 0 bridgehead atoms. The highest BCUT2D eigenvalue weighted by molar-refractivity contribution is 6.46. The summed E-state index contributed by atoms with van der Waals surface area (Å²) < 4.78 is 120. The lowest BCUT2D eigenvalue weighted by Crippen LogP contribution is -2.43. The summed E-state index contributed by atoms with van der Waals surface area (Å²) in [7, 11) is 0. The summed E-state index contributed by atoms with van der Waals surface area (Å²) in [6.07, 6.45) is -15.3. The van der Waals surface area contributed by atoms with E-state index in [0.717, 1.165) is 30.3 Å². The number of benzene rings is 4. The molecular formula is C29H10ClF9N2O4. The van der Waals surface area contributed by atoms with Crippen LogP contribution in [0.4, 0.5) is 50.9 Å². The van der Waals surface area contributed by atoms with Crippen molar-refractivity contribution in [3.05, 3.63) is 105 Å². The Morgan fingerprint density at radius 3 is 1.40 bits per heavy atom. The number of nitrogens with zero attached hydrogens (tertiary/aromatic N) is 2. The molecule has 0 radical (unpaired) electrons. The molecule has 0 saturated carbocycles. The molecule has 0 aromatic heterocycles. The van der Waals surface area contributed by atoms with Gasteiger partial charge in [0.25, 0.3) is 23.6 Å². The minimum absolute atomic E-state index is 0.0984. The van der Waals surface area contributed by atoms with Gasteiger partial charge in [0, 0.05) is 21.9 Å². The first kappa shape index (κ1) is 30.1. The van der Waals surface area contributed by atoms with Gasteiger partial charge in [0.1, 0.15) is 0 Å². The van der Waals surface area contributed by atoms with Crippen molar-refractivity contribution < 1.29 is 58.7 Å². The summed E-state index contributed by atoms with van der Waals surface area (Å²) in [5, 5.41) is -1.10. The summed E-state index contributed by atoms with van der Waals surface area (Å²) in [5.41, 5.74) is -7.65. The van der Waals surface area contributed by atoms with Crippen LogP contribution in [-0.2, 0) is 18.5 Å². The topological polar surface area (TPSA) is 74.8 Å². The van der Waals surface area contributed by atoms with Gasteiger partial charge in [-0.2, -0.15) is 39.5 Å². The van der Waals surface area contributed by atoms with E-state index in [1.54, 1.807) is 0 Å². The van der Waals surface area contributed by atoms with Crippen LogP contribution in [-0.4, -0.2) is 23.6 Å². The molecule has 4 amide bonds. The van der Waals surface area contributed by atoms with E-state index < -0.39 is 86.2 Å². The molecular weight excluding hydrogens is 647 g/mol. The molecule has 4 aromatic carbocycles. The molecule has 45 heavy (non-hydrogen) atoms. The number of alkyl halides is 9. The number of imide groups is 2. The molecule has 2 aliphatic rings. The van der Waals surface area contributed by atoms with Crippen molar-refractivity contribution in [1.29, 1.82) is 0 Å². The highest BCUT2D eigenvalue weighted by Crippen LogP contribution is 2.45. The molecule has 0 spiro atoms. The summed E-state index contributed by atoms with van der Waals surface area (Å²) in [4.78, 5) is 54.8. The zero-order valence-electron chi connectivity index (χ0n) is 21.6. The Labute approximate surface area is 249 Å². The summed E-state index contributed by atoms with van der Waals surface area (Å²) >= 11 is 6.35. The van der Waals surface area contributed by atoms with E-state index in [9.17, 15) is 58.7 Å². The second kappa shape index (κ2) is 9.54. The van der Waals surface area contributed by atoms with Crippen LogP contribution >= 0.6 is 11.6 Å². The van der Waals surface area contributed by atoms with Crippen LogP contribution in [0.1, 0.15) is 58.1 Å². The molecule has 6 nitrogen and oxygen atoms in total. The fourth-order valence-corrected chi connectivity index (χ4v) is 5.54. The average molecular weight is 657 g/mol. The first-order chi connectivity index (χ1) is 20.8. The van der Waals surface area contributed by atoms with Crippen LogP contribution in [0.2, 0.25) is 5.02 Å². The van der Waals surface area contributed by atoms with Crippen molar-refractivity contribution in [1.82, 2.24) is 0 Å². The van der Waals surface area contributed by atoms with E-state index in [2.05, 4.69) is 0 Å². The maximum absolute atomic E-state index is 13.6. The van der Waals surface area contributed by atoms with Gasteiger partial charge in [-0.25, -0.2) is 9.80 Å². The highest BCUT2D eigenvalue weighted by Gasteiger charge is 2.44. The Hall–Kier alpha value is -4.92. The van der Waals surface area contributed by atoms with Crippen LogP contribution < -0.4 is 9.80 Å². The maximum Gasteiger partial charge on any atom is 0.416 e. The largest absolute Gasteiger partial charge is 0.416 e. The number of carbonyl (C=O) groups is 4. The predicted octanol–water partition coefficient (Wildman–Crippen LogP) is 8.15. The molecule has 230 valence electrons. The number of anilines is 2. The number of amides is 4. The fourth-order valence-electron chi connectivity index (χ4n) is 5.26. The summed E-state index contributed by atoms with van der Waals surface area (Å²) in [6.45, 7) is 0. The third kappa shape index (κ3) is 4.60. The van der Waals surface area contributed by atoms with Crippen LogP contribution in [0.5, 0.6) is 0 Å². The molecule has 16 heteroatoms. The van der Waals surface area contributed by atoms with Crippen molar-refractivity contribution in [2.24, 2.45) is 0 Å². The Kier molecular flexibility index (Phi) is 6.38. The van der Waals surface area contributed by atoms with Crippen LogP contribution in [0.15, 0.2) is 60.7 Å². The lowest BCUT2D eigenvalue weighted by atomic mass is 9.85. The number of rotatable bonds is 2. The molecule has 2 heterocycles. The van der Waals surface area contributed by atoms with E-state index in [0.29, 0.717) is 17.0 Å². The van der Waals surface area contributed by atoms with Crippen molar-refractivity contribution in [3.63, 3.8) is 0 Å². The minimum Gasteiger partial charge on any atom is -0.268 e. The van der Waals surface area contributed by atoms with Gasteiger partial charge in [-0.1, -0.05) is 11.6 Å². The van der Waals surface area contributed by atoms with E-state index >= 15 is 0 Å². The van der Waals surface area contributed by atoms with Gasteiger partial charge in [0.05, 0.1) is 44.2 Å². The van der Waals surface area contributed by atoms with Crippen molar-refractivity contribution in [3.8, 4) is 0 Å². The Balaban J connectivity index is 1.52. The molecule has 2 aliphatic heterocycles. The Morgan fingerprint density at radius 2 is 0.911 bits per heavy atom. The van der Waals surface area contributed by atoms with Crippen LogP contribution in [0.25, 0.3) is 10.8 Å². The average Bonchev–Trinajstić information content (AvgIpc) is 2.94. The molecule has 0 N–H and O–H groups in total. The molecule has 0 unspecified atom stereocenters. The molecule has 0 aliphatic carbocycles. The standard InChI is InChI=1S/C29H10ClF9N2O4/c30-19-10-18-20-16(23(42)41(25(18)44)15-8-12(28(34,35)36)7-13(9-15)29(37,38)39)5-6-17-21(20)22(19)26(45)40(24(17)43)14-3-1-11(2-4-14)27(31,32)33/h1-10H. The zero-order valence-corrected chi connectivity index (χ0v) is 22.3. The van der Waals surface area contributed by atoms with Crippen molar-refractivity contribution in [2.45, 2.75) is 18.5 Å². The Bertz CT molecular complexity index is 1980. The zero-order chi connectivity index (χ0) is 33.0. The number of halogens is 10. The predicted molar refractivity (Wildman–Crippen MR) is 139 cm³/mol. The second-order valence-corrected chi connectivity index (χ2v) is 10.3. The first-order valence-corrected chi connectivity index (χ1v) is 12.7. The molecule has 0 atom stereocenters. The number of hydrogen-bond donors (Lipinski definition) is 0. The smallest absolute Gasteiger partial charge is 0.268 e. The minimum atomic E-state index is -5.29. The monoisotopic (exact) mass is 656 g/mol. The van der Waals surface area contributed by atoms with Gasteiger partial charge < -0.3 is 0 Å². The number of carbonyl (C=O) groups excluding carboxylic acids is 4. The molecule has 6 rings (SSSR count). The molecule has 0 saturated heterocycles. The molecule has 4 aromatic rings. The van der Waals surface area contributed by atoms with Gasteiger partial charge in [-0.3, -0.25) is 19.2 Å². The van der Waals surface area contributed by atoms with E-state index in [1.807, 2.05) is 0 Å². The Morgan fingerprint density at radius 1 is 0.467 bits per heavy atom. The fraction of sp³-hybridized carbons (Fsp3) is 0.103. The van der Waals surface area contributed by atoms with Crippen molar-refractivity contribution in [2.75, 3.05) is 9.80 Å². The highest BCUT2D eigenvalue weighted by atomic mass is 35.5. The van der Waals surface area contributed by atoms with Crippen LogP contribution in [0.3, 0.4) is 0 Å². The molecule has 0 fully saturated rings. The second-order valence-electron chi connectivity index (χ2n) is 9.89. The van der Waals surface area contributed by atoms with Gasteiger partial charge in [0.2, 0.25) is 0 Å². The third-order valence-electron chi connectivity index (χ3n) is 7.24. The maximum atomic E-state index is 13.6. The third-order valence-corrected chi connectivity index (χ3v) is 7.53. The normalized spacial score (nSPS) is 15.4. The van der Waals surface area contributed by atoms with Crippen LogP contribution in [0, 0.1) is 0 Å². The van der Waals surface area contributed by atoms with Gasteiger partial charge in [-0.15, -0.1) is 0 Å². The van der Waals surface area contributed by atoms with E-state index in [1.165, 1.54) is 0 Å². The van der Waals surface area contributed by atoms with E-state index in [-0.39, 0.29) is 45.1 Å². The van der Waals surface area contributed by atoms with Crippen molar-refractivity contribution >= 4 is 57.4 Å². The lowest BCUT2D eigenvalue weighted by Gasteiger charge is -2.32. The summed E-state index contributed by atoms with van der Waals surface area (Å²) in [6, 6.07) is 6.08.